The van der Waals surface area contributed by atoms with Crippen LogP contribution in [0.2, 0.25) is 5.02 Å². The number of thiophene rings is 1. The number of hydrogen-bond donors (Lipinski definition) is 3. The molecular weight excluding hydrogens is 442 g/mol. The van der Waals surface area contributed by atoms with E-state index in [-0.39, 0.29) is 18.3 Å². The van der Waals surface area contributed by atoms with Crippen molar-refractivity contribution in [3.8, 4) is 33.1 Å². The van der Waals surface area contributed by atoms with E-state index >= 15 is 0 Å². The Morgan fingerprint density at radius 3 is 2.28 bits per heavy atom. The van der Waals surface area contributed by atoms with Crippen LogP contribution in [0.3, 0.4) is 0 Å². The van der Waals surface area contributed by atoms with Gasteiger partial charge in [-0.15, -0.1) is 11.3 Å². The standard InChI is InChI=1S/C25H20ClN3O2S/c26-22-9-5-4-8-19(22)21-15-32-24(20(21)14-23(30)29-25(27)28)16-10-12-18(13-11-16)31-17-6-2-1-3-7-17/h1-13,15H,14H2,(H4,27,28,29,30). The third kappa shape index (κ3) is 4.99. The number of carbonyl (C=O) groups excluding carboxylic acids is 1. The SMILES string of the molecule is N=C(N)NC(=O)Cc1c(-c2ccccc2Cl)csc1-c1ccc(Oc2ccccc2)cc1. The maximum Gasteiger partial charge on any atom is 0.231 e. The van der Waals surface area contributed by atoms with Crippen LogP contribution in [-0.4, -0.2) is 11.9 Å². The van der Waals surface area contributed by atoms with Crippen LogP contribution < -0.4 is 15.8 Å². The normalized spacial score (nSPS) is 10.5. The zero-order valence-corrected chi connectivity index (χ0v) is 18.5. The number of carbonyl (C=O) groups is 1. The number of nitrogens with two attached hydrogens (primary N) is 1. The van der Waals surface area contributed by atoms with Crippen molar-refractivity contribution in [2.24, 2.45) is 5.73 Å². The molecule has 0 aliphatic rings. The molecule has 0 spiro atoms. The largest absolute Gasteiger partial charge is 0.457 e. The van der Waals surface area contributed by atoms with Gasteiger partial charge in [0.1, 0.15) is 11.5 Å². The molecule has 0 radical (unpaired) electrons. The molecule has 1 amide bonds. The fourth-order valence-electron chi connectivity index (χ4n) is 3.36. The van der Waals surface area contributed by atoms with Crippen molar-refractivity contribution in [2.75, 3.05) is 0 Å². The zero-order chi connectivity index (χ0) is 22.5. The third-order valence-electron chi connectivity index (χ3n) is 4.76. The predicted molar refractivity (Wildman–Crippen MR) is 130 cm³/mol. The van der Waals surface area contributed by atoms with Gasteiger partial charge in [-0.2, -0.15) is 0 Å². The number of amides is 1. The fraction of sp³-hybridized carbons (Fsp3) is 0.0400. The van der Waals surface area contributed by atoms with Gasteiger partial charge >= 0.3 is 0 Å². The van der Waals surface area contributed by atoms with E-state index in [0.29, 0.717) is 5.02 Å². The number of hydrogen-bond acceptors (Lipinski definition) is 4. The molecule has 4 aromatic rings. The van der Waals surface area contributed by atoms with Crippen molar-refractivity contribution in [2.45, 2.75) is 6.42 Å². The van der Waals surface area contributed by atoms with Crippen LogP contribution in [0.15, 0.2) is 84.2 Å². The van der Waals surface area contributed by atoms with E-state index in [1.54, 1.807) is 0 Å². The molecule has 7 heteroatoms. The van der Waals surface area contributed by atoms with Gasteiger partial charge in [-0.3, -0.25) is 15.5 Å². The highest BCUT2D eigenvalue weighted by Gasteiger charge is 2.19. The van der Waals surface area contributed by atoms with Crippen LogP contribution in [0.25, 0.3) is 21.6 Å². The Labute approximate surface area is 194 Å². The van der Waals surface area contributed by atoms with Gasteiger partial charge in [0.25, 0.3) is 0 Å². The summed E-state index contributed by atoms with van der Waals surface area (Å²) in [6.07, 6.45) is 0.0707. The topological polar surface area (TPSA) is 88.2 Å². The van der Waals surface area contributed by atoms with Gasteiger partial charge in [-0.1, -0.05) is 48.0 Å². The lowest BCUT2D eigenvalue weighted by Gasteiger charge is -2.11. The van der Waals surface area contributed by atoms with Gasteiger partial charge in [0, 0.05) is 15.5 Å². The molecule has 1 aromatic heterocycles. The Balaban J connectivity index is 1.69. The van der Waals surface area contributed by atoms with Crippen molar-refractivity contribution < 1.29 is 9.53 Å². The van der Waals surface area contributed by atoms with Crippen LogP contribution in [-0.2, 0) is 11.2 Å². The van der Waals surface area contributed by atoms with Crippen LogP contribution in [0.5, 0.6) is 11.5 Å². The van der Waals surface area contributed by atoms with Crippen LogP contribution in [0.4, 0.5) is 0 Å². The molecule has 0 saturated carbocycles. The minimum absolute atomic E-state index is 0.0707. The predicted octanol–water partition coefficient (Wildman–Crippen LogP) is 6.08. The van der Waals surface area contributed by atoms with E-state index in [1.165, 1.54) is 11.3 Å². The second kappa shape index (κ2) is 9.68. The average Bonchev–Trinajstić information content (AvgIpc) is 3.18. The Morgan fingerprint density at radius 1 is 0.938 bits per heavy atom. The summed E-state index contributed by atoms with van der Waals surface area (Å²) in [5, 5.41) is 12.3. The molecule has 4 rings (SSSR count). The van der Waals surface area contributed by atoms with E-state index in [4.69, 9.17) is 27.5 Å². The second-order valence-electron chi connectivity index (χ2n) is 7.02. The summed E-state index contributed by atoms with van der Waals surface area (Å²) in [7, 11) is 0. The molecule has 0 atom stereocenters. The van der Waals surface area contributed by atoms with E-state index in [9.17, 15) is 4.79 Å². The lowest BCUT2D eigenvalue weighted by Crippen LogP contribution is -2.36. The van der Waals surface area contributed by atoms with Crippen molar-refractivity contribution in [3.05, 3.63) is 94.8 Å². The van der Waals surface area contributed by atoms with Gasteiger partial charge in [0.15, 0.2) is 5.96 Å². The highest BCUT2D eigenvalue weighted by molar-refractivity contribution is 7.14. The summed E-state index contributed by atoms with van der Waals surface area (Å²) in [5.74, 6) is 0.751. The molecule has 5 nitrogen and oxygen atoms in total. The Bertz CT molecular complexity index is 1250. The molecule has 160 valence electrons. The summed E-state index contributed by atoms with van der Waals surface area (Å²) >= 11 is 7.98. The summed E-state index contributed by atoms with van der Waals surface area (Å²) in [4.78, 5) is 13.4. The van der Waals surface area contributed by atoms with E-state index < -0.39 is 0 Å². The van der Waals surface area contributed by atoms with Crippen LogP contribution in [0, 0.1) is 5.41 Å². The molecular formula is C25H20ClN3O2S. The van der Waals surface area contributed by atoms with Crippen molar-refractivity contribution in [1.82, 2.24) is 5.32 Å². The fourth-order valence-corrected chi connectivity index (χ4v) is 4.70. The van der Waals surface area contributed by atoms with Gasteiger partial charge in [0.2, 0.25) is 5.91 Å². The summed E-state index contributed by atoms with van der Waals surface area (Å²) < 4.78 is 5.88. The Hall–Kier alpha value is -3.61. The average molecular weight is 462 g/mol. The summed E-state index contributed by atoms with van der Waals surface area (Å²) in [6, 6.07) is 24.8. The molecule has 0 unspecified atom stereocenters. The first kappa shape index (κ1) is 21.6. The van der Waals surface area contributed by atoms with E-state index in [0.717, 1.165) is 38.6 Å². The number of para-hydroxylation sites is 1. The Morgan fingerprint density at radius 2 is 1.59 bits per heavy atom. The quantitative estimate of drug-likeness (QED) is 0.240. The number of rotatable bonds is 6. The third-order valence-corrected chi connectivity index (χ3v) is 6.17. The first-order valence-electron chi connectivity index (χ1n) is 9.84. The molecule has 0 fully saturated rings. The minimum atomic E-state index is -0.381. The Kier molecular flexibility index (Phi) is 6.54. The highest BCUT2D eigenvalue weighted by Crippen LogP contribution is 2.41. The van der Waals surface area contributed by atoms with Crippen LogP contribution in [0.1, 0.15) is 5.56 Å². The highest BCUT2D eigenvalue weighted by atomic mass is 35.5. The lowest BCUT2D eigenvalue weighted by molar-refractivity contribution is -0.119. The molecule has 32 heavy (non-hydrogen) atoms. The first-order valence-corrected chi connectivity index (χ1v) is 11.1. The number of nitrogens with one attached hydrogen (secondary N) is 2. The molecule has 3 aromatic carbocycles. The number of ether oxygens (including phenoxy) is 1. The lowest BCUT2D eigenvalue weighted by atomic mass is 9.97. The maximum atomic E-state index is 12.4. The number of benzene rings is 3. The number of halogens is 1. The smallest absolute Gasteiger partial charge is 0.231 e. The summed E-state index contributed by atoms with van der Waals surface area (Å²) in [5.41, 5.74) is 8.87. The summed E-state index contributed by atoms with van der Waals surface area (Å²) in [6.45, 7) is 0. The van der Waals surface area contributed by atoms with E-state index in [1.807, 2.05) is 84.2 Å². The maximum absolute atomic E-state index is 12.4. The monoisotopic (exact) mass is 461 g/mol. The molecule has 1 heterocycles. The molecule has 0 bridgehead atoms. The molecule has 0 aliphatic carbocycles. The molecule has 0 aliphatic heterocycles. The zero-order valence-electron chi connectivity index (χ0n) is 17.0. The molecule has 4 N–H and O–H groups in total. The number of guanidine groups is 1. The molecule has 0 saturated heterocycles. The second-order valence-corrected chi connectivity index (χ2v) is 8.30. The van der Waals surface area contributed by atoms with Crippen molar-refractivity contribution in [1.29, 1.82) is 5.41 Å². The van der Waals surface area contributed by atoms with Gasteiger partial charge in [-0.05, 0) is 64.5 Å². The first-order chi connectivity index (χ1) is 15.5. The van der Waals surface area contributed by atoms with Gasteiger partial charge in [0.05, 0.1) is 6.42 Å². The van der Waals surface area contributed by atoms with Crippen LogP contribution >= 0.6 is 22.9 Å². The van der Waals surface area contributed by atoms with Gasteiger partial charge < -0.3 is 10.5 Å². The van der Waals surface area contributed by atoms with Crippen molar-refractivity contribution in [3.63, 3.8) is 0 Å². The van der Waals surface area contributed by atoms with Gasteiger partial charge in [-0.25, -0.2) is 0 Å². The van der Waals surface area contributed by atoms with Crippen molar-refractivity contribution >= 4 is 34.8 Å². The minimum Gasteiger partial charge on any atom is -0.457 e. The van der Waals surface area contributed by atoms with E-state index in [2.05, 4.69) is 5.32 Å².